The van der Waals surface area contributed by atoms with Crippen molar-refractivity contribution in [3.63, 3.8) is 0 Å². The fourth-order valence-electron chi connectivity index (χ4n) is 1.59. The van der Waals surface area contributed by atoms with Crippen molar-refractivity contribution in [1.29, 1.82) is 0 Å². The van der Waals surface area contributed by atoms with Gasteiger partial charge in [-0.05, 0) is 38.7 Å². The lowest BCUT2D eigenvalue weighted by Gasteiger charge is -2.14. The van der Waals surface area contributed by atoms with Gasteiger partial charge in [-0.1, -0.05) is 42.5 Å². The minimum absolute atomic E-state index is 0.436. The monoisotopic (exact) mass is 234 g/mol. The molecule has 0 spiro atoms. The molecule has 2 N–H and O–H groups in total. The molecule has 0 saturated carbocycles. The maximum absolute atomic E-state index is 9.88. The van der Waals surface area contributed by atoms with Gasteiger partial charge in [0.15, 0.2) is 0 Å². The van der Waals surface area contributed by atoms with E-state index >= 15 is 0 Å². The van der Waals surface area contributed by atoms with Crippen LogP contribution < -0.4 is 0 Å². The van der Waals surface area contributed by atoms with Crippen LogP contribution in [-0.4, -0.2) is 15.8 Å². The average molecular weight is 234 g/mol. The first-order chi connectivity index (χ1) is 7.99. The molecule has 17 heavy (non-hydrogen) atoms. The molecule has 0 aromatic heterocycles. The topological polar surface area (TPSA) is 40.5 Å². The lowest BCUT2D eigenvalue weighted by atomic mass is 10.0. The van der Waals surface area contributed by atoms with Crippen LogP contribution in [0.25, 0.3) is 0 Å². The summed E-state index contributed by atoms with van der Waals surface area (Å²) >= 11 is 0. The summed E-state index contributed by atoms with van der Waals surface area (Å²) in [5, 5.41) is 19.4. The predicted molar refractivity (Wildman–Crippen MR) is 70.7 cm³/mol. The fraction of sp³-hybridized carbons (Fsp3) is 0.467. The molecule has 0 aliphatic heterocycles. The molecule has 0 fully saturated rings. The number of hydrogen-bond acceptors (Lipinski definition) is 2. The van der Waals surface area contributed by atoms with Crippen LogP contribution in [0.4, 0.5) is 0 Å². The van der Waals surface area contributed by atoms with E-state index < -0.39 is 11.7 Å². The van der Waals surface area contributed by atoms with Crippen molar-refractivity contribution < 1.29 is 10.2 Å². The Hall–Kier alpha value is -1.12. The first-order valence-electron chi connectivity index (χ1n) is 6.09. The normalized spacial score (nSPS) is 14.1. The molecule has 1 rings (SSSR count). The zero-order chi connectivity index (χ0) is 12.7. The van der Waals surface area contributed by atoms with Crippen molar-refractivity contribution in [2.24, 2.45) is 0 Å². The maximum atomic E-state index is 9.88. The second kappa shape index (κ2) is 6.58. The van der Waals surface area contributed by atoms with Crippen molar-refractivity contribution in [3.8, 4) is 0 Å². The fourth-order valence-corrected chi connectivity index (χ4v) is 1.59. The van der Waals surface area contributed by atoms with Gasteiger partial charge < -0.3 is 10.2 Å². The highest BCUT2D eigenvalue weighted by molar-refractivity contribution is 5.17. The molecule has 0 radical (unpaired) electrons. The van der Waals surface area contributed by atoms with Crippen LogP contribution in [0, 0.1) is 0 Å². The summed E-state index contributed by atoms with van der Waals surface area (Å²) < 4.78 is 0. The van der Waals surface area contributed by atoms with Gasteiger partial charge in [0.1, 0.15) is 0 Å². The van der Waals surface area contributed by atoms with Crippen molar-refractivity contribution in [2.75, 3.05) is 0 Å². The number of hydrogen-bond donors (Lipinski definition) is 2. The molecular formula is C15H22O2. The average Bonchev–Trinajstić information content (AvgIpc) is 2.28. The predicted octanol–water partition coefficient (Wildman–Crippen LogP) is 3.22. The Bertz CT molecular complexity index is 336. The van der Waals surface area contributed by atoms with Gasteiger partial charge in [-0.25, -0.2) is 0 Å². The van der Waals surface area contributed by atoms with E-state index in [1.54, 1.807) is 13.8 Å². The molecule has 0 bridgehead atoms. The van der Waals surface area contributed by atoms with E-state index in [4.69, 9.17) is 0 Å². The molecule has 0 heterocycles. The Kier molecular flexibility index (Phi) is 5.39. The van der Waals surface area contributed by atoms with Crippen LogP contribution in [0.1, 0.15) is 44.8 Å². The summed E-state index contributed by atoms with van der Waals surface area (Å²) in [4.78, 5) is 0. The molecule has 2 nitrogen and oxygen atoms in total. The number of rotatable bonds is 6. The van der Waals surface area contributed by atoms with Crippen LogP contribution in [-0.2, 0) is 0 Å². The Morgan fingerprint density at radius 3 is 2.41 bits per heavy atom. The summed E-state index contributed by atoms with van der Waals surface area (Å²) in [6.45, 7) is 3.61. The van der Waals surface area contributed by atoms with Crippen LogP contribution >= 0.6 is 0 Å². The van der Waals surface area contributed by atoms with Gasteiger partial charge in [-0.2, -0.15) is 0 Å². The van der Waals surface area contributed by atoms with Gasteiger partial charge in [0.25, 0.3) is 0 Å². The maximum Gasteiger partial charge on any atom is 0.0824 e. The van der Waals surface area contributed by atoms with Gasteiger partial charge in [-0.3, -0.25) is 0 Å². The molecule has 0 saturated heterocycles. The molecule has 1 aromatic carbocycles. The standard InChI is InChI=1S/C15H22O2/c1-15(2,17)12-8-4-7-11-14(16)13-9-5-3-6-10-13/h3-7,9-10,14,16-17H,8,11-12H2,1-2H3. The van der Waals surface area contributed by atoms with Crippen molar-refractivity contribution in [2.45, 2.75) is 44.8 Å². The van der Waals surface area contributed by atoms with E-state index in [-0.39, 0.29) is 0 Å². The van der Waals surface area contributed by atoms with E-state index in [1.165, 1.54) is 0 Å². The van der Waals surface area contributed by atoms with Gasteiger partial charge >= 0.3 is 0 Å². The van der Waals surface area contributed by atoms with Crippen LogP contribution in [0.3, 0.4) is 0 Å². The minimum Gasteiger partial charge on any atom is -0.390 e. The number of allylic oxidation sites excluding steroid dienone is 1. The largest absolute Gasteiger partial charge is 0.390 e. The third-order valence-electron chi connectivity index (χ3n) is 2.63. The Labute approximate surface area is 104 Å². The van der Waals surface area contributed by atoms with E-state index in [0.717, 1.165) is 18.4 Å². The Morgan fingerprint density at radius 2 is 1.82 bits per heavy atom. The quantitative estimate of drug-likeness (QED) is 0.742. The molecule has 1 unspecified atom stereocenters. The van der Waals surface area contributed by atoms with Gasteiger partial charge in [0, 0.05) is 0 Å². The zero-order valence-electron chi connectivity index (χ0n) is 10.6. The minimum atomic E-state index is -0.609. The van der Waals surface area contributed by atoms with Gasteiger partial charge in [-0.15, -0.1) is 0 Å². The van der Waals surface area contributed by atoms with E-state index in [2.05, 4.69) is 0 Å². The molecule has 0 amide bonds. The molecule has 94 valence electrons. The van der Waals surface area contributed by atoms with E-state index in [0.29, 0.717) is 6.42 Å². The second-order valence-corrected chi connectivity index (χ2v) is 4.98. The molecule has 0 aliphatic rings. The number of aliphatic hydroxyl groups is 2. The Morgan fingerprint density at radius 1 is 1.18 bits per heavy atom. The SMILES string of the molecule is CC(C)(O)CCC=CCC(O)c1ccccc1. The highest BCUT2D eigenvalue weighted by Gasteiger charge is 2.10. The van der Waals surface area contributed by atoms with Crippen LogP contribution in [0.5, 0.6) is 0 Å². The van der Waals surface area contributed by atoms with E-state index in [1.807, 2.05) is 42.5 Å². The molecule has 2 heteroatoms. The molecular weight excluding hydrogens is 212 g/mol. The lowest BCUT2D eigenvalue weighted by molar-refractivity contribution is 0.0721. The van der Waals surface area contributed by atoms with Crippen LogP contribution in [0.15, 0.2) is 42.5 Å². The number of benzene rings is 1. The van der Waals surface area contributed by atoms with Crippen LogP contribution in [0.2, 0.25) is 0 Å². The van der Waals surface area contributed by atoms with Crippen molar-refractivity contribution in [1.82, 2.24) is 0 Å². The smallest absolute Gasteiger partial charge is 0.0824 e. The number of aliphatic hydroxyl groups excluding tert-OH is 1. The molecule has 0 aliphatic carbocycles. The van der Waals surface area contributed by atoms with Crippen molar-refractivity contribution in [3.05, 3.63) is 48.0 Å². The first kappa shape index (κ1) is 13.9. The summed E-state index contributed by atoms with van der Waals surface area (Å²) in [7, 11) is 0. The summed E-state index contributed by atoms with van der Waals surface area (Å²) in [5.41, 5.74) is 0.335. The third kappa shape index (κ3) is 6.25. The second-order valence-electron chi connectivity index (χ2n) is 4.98. The van der Waals surface area contributed by atoms with E-state index in [9.17, 15) is 10.2 Å². The van der Waals surface area contributed by atoms with Crippen molar-refractivity contribution >= 4 is 0 Å². The summed E-state index contributed by atoms with van der Waals surface area (Å²) in [6, 6.07) is 9.65. The highest BCUT2D eigenvalue weighted by atomic mass is 16.3. The molecule has 1 atom stereocenters. The summed E-state index contributed by atoms with van der Waals surface area (Å²) in [5.74, 6) is 0. The molecule has 1 aromatic rings. The summed E-state index contributed by atoms with van der Waals surface area (Å²) in [6.07, 6.45) is 5.76. The lowest BCUT2D eigenvalue weighted by Crippen LogP contribution is -2.17. The first-order valence-corrected chi connectivity index (χ1v) is 6.09. The zero-order valence-corrected chi connectivity index (χ0v) is 10.6. The van der Waals surface area contributed by atoms with Gasteiger partial charge in [0.2, 0.25) is 0 Å². The van der Waals surface area contributed by atoms with Gasteiger partial charge in [0.05, 0.1) is 11.7 Å². The third-order valence-corrected chi connectivity index (χ3v) is 2.63. The Balaban J connectivity index is 2.29. The highest BCUT2D eigenvalue weighted by Crippen LogP contribution is 2.17.